The second-order valence-corrected chi connectivity index (χ2v) is 16.2. The Morgan fingerprint density at radius 1 is 0.525 bits per heavy atom. The molecule has 0 aliphatic carbocycles. The summed E-state index contributed by atoms with van der Waals surface area (Å²) >= 11 is 0. The minimum atomic E-state index is -1.60. The first kappa shape index (κ1) is 54.7. The lowest BCUT2D eigenvalue weighted by Crippen LogP contribution is -2.59. The van der Waals surface area contributed by atoms with Crippen LogP contribution < -0.4 is 0 Å². The maximum absolute atomic E-state index is 12.8. The Bertz CT molecular complexity index is 1100. The van der Waals surface area contributed by atoms with Gasteiger partial charge in [0.05, 0.1) is 13.2 Å². The van der Waals surface area contributed by atoms with E-state index in [1.165, 1.54) is 103 Å². The second-order valence-electron chi connectivity index (χ2n) is 16.2. The summed E-state index contributed by atoms with van der Waals surface area (Å²) in [6, 6.07) is 0. The molecule has 1 aliphatic rings. The van der Waals surface area contributed by atoms with E-state index >= 15 is 0 Å². The molecule has 1 heterocycles. The number of rotatable bonds is 39. The maximum atomic E-state index is 12.8. The van der Waals surface area contributed by atoms with Crippen molar-refractivity contribution in [3.8, 4) is 0 Å². The van der Waals surface area contributed by atoms with E-state index in [0.717, 1.165) is 51.4 Å². The Labute approximate surface area is 358 Å². The van der Waals surface area contributed by atoms with Gasteiger partial charge in [0.2, 0.25) is 0 Å². The molecule has 0 spiro atoms. The van der Waals surface area contributed by atoms with Gasteiger partial charge in [0.15, 0.2) is 12.4 Å². The van der Waals surface area contributed by atoms with Gasteiger partial charge in [-0.15, -0.1) is 0 Å². The third-order valence-corrected chi connectivity index (χ3v) is 10.7. The van der Waals surface area contributed by atoms with E-state index < -0.39 is 55.4 Å². The summed E-state index contributed by atoms with van der Waals surface area (Å²) in [7, 11) is 0. The zero-order valence-corrected chi connectivity index (χ0v) is 37.2. The molecule has 2 unspecified atom stereocenters. The van der Waals surface area contributed by atoms with E-state index in [4.69, 9.17) is 18.9 Å². The van der Waals surface area contributed by atoms with Crippen molar-refractivity contribution in [2.45, 2.75) is 230 Å². The molecule has 0 aromatic rings. The van der Waals surface area contributed by atoms with Crippen molar-refractivity contribution in [1.29, 1.82) is 0 Å². The summed E-state index contributed by atoms with van der Waals surface area (Å²) in [6.45, 7) is 3.35. The standard InChI is InChI=1S/C49H86O10/c1-3-5-7-9-11-13-15-17-19-20-21-22-24-26-28-30-32-34-36-38-45(52)58-42(41-57-49-48(55)47(54)46(53)43(39-50)59-49)40-56-44(51)37-35-33-31-29-27-25-23-18-16-14-12-10-8-6-4-2/h12,14,17-19,23,27,29,42-43,46-50,53-55H,3-11,13,15-16,20-22,24-26,28,30-41H2,1-2H3/b14-12+,19-17+,23-18+,29-27+/t42-,43-,46+,47?,48?,49-/m1/s1. The van der Waals surface area contributed by atoms with Gasteiger partial charge in [-0.2, -0.15) is 0 Å². The van der Waals surface area contributed by atoms with Gasteiger partial charge in [0.25, 0.3) is 0 Å². The Kier molecular flexibility index (Phi) is 36.9. The molecule has 1 saturated heterocycles. The number of allylic oxidation sites excluding steroid dienone is 8. The zero-order chi connectivity index (χ0) is 43.0. The number of carbonyl (C=O) groups is 2. The van der Waals surface area contributed by atoms with Crippen LogP contribution in [0, 0.1) is 0 Å². The summed E-state index contributed by atoms with van der Waals surface area (Å²) in [5.74, 6) is -0.853. The van der Waals surface area contributed by atoms with Crippen molar-refractivity contribution in [2.24, 2.45) is 0 Å². The lowest BCUT2D eigenvalue weighted by molar-refractivity contribution is -0.305. The number of carbonyl (C=O) groups excluding carboxylic acids is 2. The van der Waals surface area contributed by atoms with Crippen LogP contribution in [0.3, 0.4) is 0 Å². The molecule has 59 heavy (non-hydrogen) atoms. The molecule has 0 saturated carbocycles. The molecule has 342 valence electrons. The van der Waals surface area contributed by atoms with Crippen molar-refractivity contribution in [2.75, 3.05) is 19.8 Å². The van der Waals surface area contributed by atoms with E-state index in [1.54, 1.807) is 0 Å². The predicted molar refractivity (Wildman–Crippen MR) is 238 cm³/mol. The molecule has 1 aliphatic heterocycles. The monoisotopic (exact) mass is 835 g/mol. The largest absolute Gasteiger partial charge is 0.462 e. The smallest absolute Gasteiger partial charge is 0.306 e. The van der Waals surface area contributed by atoms with Crippen molar-refractivity contribution >= 4 is 11.9 Å². The molecule has 10 heteroatoms. The highest BCUT2D eigenvalue weighted by atomic mass is 16.7. The number of esters is 2. The molecule has 10 nitrogen and oxygen atoms in total. The van der Waals surface area contributed by atoms with Crippen molar-refractivity contribution in [1.82, 2.24) is 0 Å². The summed E-state index contributed by atoms with van der Waals surface area (Å²) < 4.78 is 22.1. The van der Waals surface area contributed by atoms with E-state index in [-0.39, 0.29) is 26.1 Å². The van der Waals surface area contributed by atoms with Crippen molar-refractivity contribution in [3.63, 3.8) is 0 Å². The van der Waals surface area contributed by atoms with E-state index in [0.29, 0.717) is 12.8 Å². The van der Waals surface area contributed by atoms with Crippen LogP contribution in [-0.2, 0) is 28.5 Å². The average Bonchev–Trinajstić information content (AvgIpc) is 3.23. The van der Waals surface area contributed by atoms with Gasteiger partial charge in [0.1, 0.15) is 31.0 Å². The Balaban J connectivity index is 2.33. The summed E-state index contributed by atoms with van der Waals surface area (Å²) in [5, 5.41) is 40.1. The first-order chi connectivity index (χ1) is 28.8. The molecule has 0 aromatic heterocycles. The molecule has 6 atom stereocenters. The van der Waals surface area contributed by atoms with Gasteiger partial charge in [-0.25, -0.2) is 0 Å². The van der Waals surface area contributed by atoms with Crippen LogP contribution in [0.4, 0.5) is 0 Å². The first-order valence-corrected chi connectivity index (χ1v) is 23.7. The van der Waals surface area contributed by atoms with Gasteiger partial charge < -0.3 is 39.4 Å². The molecule has 1 rings (SSSR count). The number of aliphatic hydroxyl groups excluding tert-OH is 4. The fourth-order valence-corrected chi connectivity index (χ4v) is 6.89. The third kappa shape index (κ3) is 31.2. The fraction of sp³-hybridized carbons (Fsp3) is 0.796. The zero-order valence-electron chi connectivity index (χ0n) is 37.2. The number of ether oxygens (including phenoxy) is 4. The van der Waals surface area contributed by atoms with Crippen molar-refractivity contribution < 1.29 is 49.0 Å². The van der Waals surface area contributed by atoms with Gasteiger partial charge >= 0.3 is 11.9 Å². The van der Waals surface area contributed by atoms with Crippen LogP contribution in [0.2, 0.25) is 0 Å². The quantitative estimate of drug-likeness (QED) is 0.0267. The maximum Gasteiger partial charge on any atom is 0.306 e. The van der Waals surface area contributed by atoms with Crippen LogP contribution in [0.1, 0.15) is 194 Å². The predicted octanol–water partition coefficient (Wildman–Crippen LogP) is 10.4. The van der Waals surface area contributed by atoms with Crippen molar-refractivity contribution in [3.05, 3.63) is 48.6 Å². The van der Waals surface area contributed by atoms with Gasteiger partial charge in [-0.3, -0.25) is 9.59 Å². The highest BCUT2D eigenvalue weighted by Gasteiger charge is 2.44. The minimum absolute atomic E-state index is 0.219. The van der Waals surface area contributed by atoms with Gasteiger partial charge in [-0.05, 0) is 77.0 Å². The highest BCUT2D eigenvalue weighted by Crippen LogP contribution is 2.22. The fourth-order valence-electron chi connectivity index (χ4n) is 6.89. The number of aliphatic hydroxyl groups is 4. The van der Waals surface area contributed by atoms with Crippen LogP contribution >= 0.6 is 0 Å². The van der Waals surface area contributed by atoms with Crippen LogP contribution in [0.5, 0.6) is 0 Å². The first-order valence-electron chi connectivity index (χ1n) is 23.7. The Morgan fingerprint density at radius 2 is 0.949 bits per heavy atom. The Morgan fingerprint density at radius 3 is 1.51 bits per heavy atom. The molecule has 4 N–H and O–H groups in total. The highest BCUT2D eigenvalue weighted by molar-refractivity contribution is 5.70. The second kappa shape index (κ2) is 39.8. The van der Waals surface area contributed by atoms with Gasteiger partial charge in [-0.1, -0.05) is 152 Å². The molecule has 0 radical (unpaired) electrons. The summed E-state index contributed by atoms with van der Waals surface area (Å²) in [4.78, 5) is 25.3. The molecule has 0 bridgehead atoms. The van der Waals surface area contributed by atoms with Gasteiger partial charge in [0, 0.05) is 12.8 Å². The SMILES string of the molecule is CCCCC/C=C/C/C=C/C/C=C/CCCCC(=O)OC[C@H](CO[C@@H]1O[C@H](CO)[C@H](O)C(O)C1O)OC(=O)CCCCCCCCCCC/C=C/CCCCCCCC. The van der Waals surface area contributed by atoms with E-state index in [2.05, 4.69) is 62.5 Å². The Hall–Kier alpha value is -2.34. The molecular weight excluding hydrogens is 749 g/mol. The summed E-state index contributed by atoms with van der Waals surface area (Å²) in [5.41, 5.74) is 0. The number of unbranched alkanes of at least 4 members (excludes halogenated alkanes) is 20. The lowest BCUT2D eigenvalue weighted by Gasteiger charge is -2.39. The lowest BCUT2D eigenvalue weighted by atomic mass is 9.99. The molecule has 0 aromatic carbocycles. The third-order valence-electron chi connectivity index (χ3n) is 10.7. The average molecular weight is 835 g/mol. The van der Waals surface area contributed by atoms with Crippen LogP contribution in [0.25, 0.3) is 0 Å². The van der Waals surface area contributed by atoms with Crippen LogP contribution in [-0.4, -0.2) is 89.0 Å². The molecule has 1 fully saturated rings. The number of hydrogen-bond acceptors (Lipinski definition) is 10. The molecule has 0 amide bonds. The normalized spacial score (nSPS) is 20.4. The minimum Gasteiger partial charge on any atom is -0.462 e. The topological polar surface area (TPSA) is 152 Å². The van der Waals surface area contributed by atoms with E-state index in [1.807, 2.05) is 0 Å². The van der Waals surface area contributed by atoms with Crippen LogP contribution in [0.15, 0.2) is 48.6 Å². The summed E-state index contributed by atoms with van der Waals surface area (Å²) in [6.07, 6.45) is 39.7. The number of hydrogen-bond donors (Lipinski definition) is 4. The van der Waals surface area contributed by atoms with E-state index in [9.17, 15) is 30.0 Å². The molecular formula is C49H86O10.